The van der Waals surface area contributed by atoms with Crippen LogP contribution in [0.2, 0.25) is 10.2 Å². The average molecular weight is 460 g/mol. The quantitative estimate of drug-likeness (QED) is 0.630. The number of piperidine rings is 1. The summed E-state index contributed by atoms with van der Waals surface area (Å²) in [6.45, 7) is 4.50. The van der Waals surface area contributed by atoms with Gasteiger partial charge in [-0.2, -0.15) is 0 Å². The molecular formula is C19H24Cl2FN5OS. The van der Waals surface area contributed by atoms with Crippen molar-refractivity contribution in [2.75, 3.05) is 24.7 Å². The Labute approximate surface area is 184 Å². The smallest absolute Gasteiger partial charge is 0.153 e. The molecule has 0 bridgehead atoms. The van der Waals surface area contributed by atoms with E-state index >= 15 is 0 Å². The molecule has 2 aromatic rings. The van der Waals surface area contributed by atoms with Gasteiger partial charge < -0.3 is 15.7 Å². The summed E-state index contributed by atoms with van der Waals surface area (Å²) in [7, 11) is 0. The van der Waals surface area contributed by atoms with Crippen molar-refractivity contribution in [3.63, 3.8) is 0 Å². The lowest BCUT2D eigenvalue weighted by Gasteiger charge is -2.42. The van der Waals surface area contributed by atoms with Crippen molar-refractivity contribution in [3.05, 3.63) is 33.8 Å². The number of rotatable bonds is 6. The normalized spacial score (nSPS) is 17.4. The molecule has 1 unspecified atom stereocenters. The largest absolute Gasteiger partial charge is 0.390 e. The van der Waals surface area contributed by atoms with Crippen molar-refractivity contribution in [1.29, 1.82) is 0 Å². The molecule has 6 nitrogen and oxygen atoms in total. The summed E-state index contributed by atoms with van der Waals surface area (Å²) in [5, 5.41) is 11.1. The lowest BCUT2D eigenvalue weighted by atomic mass is 9.75. The highest BCUT2D eigenvalue weighted by molar-refractivity contribution is 7.99. The van der Waals surface area contributed by atoms with Gasteiger partial charge in [0.1, 0.15) is 22.5 Å². The molecule has 0 aromatic carbocycles. The standard InChI is InChI=1S/C19H24Cl2FN5OS/c1-11-18(29-13-3-6-24-16(21)15(13)20)26-12(10-28)17(25-11)27-7-4-19(2,5-8-27)14(23)9-22/h3,6,14,28H,4-5,7-10,23H2,1-2H3. The van der Waals surface area contributed by atoms with E-state index in [2.05, 4.69) is 14.9 Å². The molecule has 0 radical (unpaired) electrons. The first-order chi connectivity index (χ1) is 13.8. The van der Waals surface area contributed by atoms with Gasteiger partial charge in [0.05, 0.1) is 17.3 Å². The van der Waals surface area contributed by atoms with E-state index in [-0.39, 0.29) is 17.2 Å². The number of nitrogens with two attached hydrogens (primary N) is 1. The number of anilines is 1. The number of nitrogens with zero attached hydrogens (tertiary/aromatic N) is 4. The molecule has 1 atom stereocenters. The zero-order valence-corrected chi connectivity index (χ0v) is 18.7. The van der Waals surface area contributed by atoms with Gasteiger partial charge in [-0.25, -0.2) is 19.3 Å². The van der Waals surface area contributed by atoms with Gasteiger partial charge in [0, 0.05) is 30.2 Å². The van der Waals surface area contributed by atoms with Gasteiger partial charge in [-0.1, -0.05) is 41.9 Å². The van der Waals surface area contributed by atoms with Crippen LogP contribution in [0.1, 0.15) is 31.2 Å². The number of halogens is 3. The topological polar surface area (TPSA) is 88.2 Å². The molecule has 2 aromatic heterocycles. The second-order valence-electron chi connectivity index (χ2n) is 7.46. The van der Waals surface area contributed by atoms with Crippen LogP contribution in [0.4, 0.5) is 10.2 Å². The number of aryl methyl sites for hydroxylation is 1. The maximum absolute atomic E-state index is 13.1. The lowest BCUT2D eigenvalue weighted by Crippen LogP contribution is -2.49. The fourth-order valence-corrected chi connectivity index (χ4v) is 4.67. The molecule has 3 N–H and O–H groups in total. The first-order valence-corrected chi connectivity index (χ1v) is 10.9. The highest BCUT2D eigenvalue weighted by Gasteiger charge is 2.36. The van der Waals surface area contributed by atoms with Crippen LogP contribution in [0.5, 0.6) is 0 Å². The maximum atomic E-state index is 13.1. The van der Waals surface area contributed by atoms with Crippen molar-refractivity contribution in [2.24, 2.45) is 11.1 Å². The van der Waals surface area contributed by atoms with E-state index < -0.39 is 12.7 Å². The van der Waals surface area contributed by atoms with Crippen LogP contribution in [-0.2, 0) is 6.61 Å². The van der Waals surface area contributed by atoms with Crippen LogP contribution in [0.25, 0.3) is 0 Å². The zero-order valence-electron chi connectivity index (χ0n) is 16.3. The molecule has 1 fully saturated rings. The minimum atomic E-state index is -0.523. The lowest BCUT2D eigenvalue weighted by molar-refractivity contribution is 0.169. The van der Waals surface area contributed by atoms with Gasteiger partial charge in [-0.15, -0.1) is 0 Å². The number of pyridine rings is 1. The van der Waals surface area contributed by atoms with E-state index in [1.54, 1.807) is 12.3 Å². The van der Waals surface area contributed by atoms with Gasteiger partial charge in [-0.05, 0) is 31.2 Å². The SMILES string of the molecule is Cc1nc(N2CCC(C)(C(N)CF)CC2)c(CO)nc1Sc1ccnc(Cl)c1Cl. The molecule has 1 aliphatic heterocycles. The fourth-order valence-electron chi connectivity index (χ4n) is 3.35. The number of alkyl halides is 1. The minimum absolute atomic E-state index is 0.226. The van der Waals surface area contributed by atoms with Crippen LogP contribution in [0, 0.1) is 12.3 Å². The molecule has 158 valence electrons. The Kier molecular flexibility index (Phi) is 7.22. The van der Waals surface area contributed by atoms with Gasteiger partial charge >= 0.3 is 0 Å². The second kappa shape index (κ2) is 9.31. The van der Waals surface area contributed by atoms with E-state index in [0.29, 0.717) is 34.6 Å². The monoisotopic (exact) mass is 459 g/mol. The van der Waals surface area contributed by atoms with Crippen LogP contribution in [0.3, 0.4) is 0 Å². The average Bonchev–Trinajstić information content (AvgIpc) is 2.72. The van der Waals surface area contributed by atoms with E-state index in [4.69, 9.17) is 33.9 Å². The third kappa shape index (κ3) is 4.77. The summed E-state index contributed by atoms with van der Waals surface area (Å²) in [6.07, 6.45) is 3.09. The Hall–Kier alpha value is -1.19. The highest BCUT2D eigenvalue weighted by atomic mass is 35.5. The molecule has 0 saturated carbocycles. The third-order valence-corrected chi connectivity index (χ3v) is 7.53. The predicted octanol–water partition coefficient (Wildman–Crippen LogP) is 4.03. The van der Waals surface area contributed by atoms with Crippen LogP contribution in [0.15, 0.2) is 22.2 Å². The van der Waals surface area contributed by atoms with Crippen molar-refractivity contribution >= 4 is 40.8 Å². The molecule has 0 aliphatic carbocycles. The Balaban J connectivity index is 1.83. The Morgan fingerprint density at radius 1 is 1.34 bits per heavy atom. The molecular weight excluding hydrogens is 436 g/mol. The zero-order chi connectivity index (χ0) is 21.2. The molecule has 3 heterocycles. The number of aliphatic hydroxyl groups excluding tert-OH is 1. The summed E-state index contributed by atoms with van der Waals surface area (Å²) >= 11 is 13.5. The highest BCUT2D eigenvalue weighted by Crippen LogP contribution is 2.39. The molecule has 0 amide bonds. The van der Waals surface area contributed by atoms with Gasteiger partial charge in [-0.3, -0.25) is 0 Å². The van der Waals surface area contributed by atoms with E-state index in [1.165, 1.54) is 11.8 Å². The van der Waals surface area contributed by atoms with Crippen molar-refractivity contribution in [2.45, 2.75) is 49.3 Å². The van der Waals surface area contributed by atoms with E-state index in [9.17, 15) is 9.50 Å². The van der Waals surface area contributed by atoms with Crippen molar-refractivity contribution < 1.29 is 9.50 Å². The van der Waals surface area contributed by atoms with Crippen LogP contribution in [-0.4, -0.2) is 45.9 Å². The predicted molar refractivity (Wildman–Crippen MR) is 115 cm³/mol. The van der Waals surface area contributed by atoms with E-state index in [0.717, 1.165) is 23.4 Å². The minimum Gasteiger partial charge on any atom is -0.390 e. The Morgan fingerprint density at radius 3 is 2.66 bits per heavy atom. The van der Waals surface area contributed by atoms with Crippen molar-refractivity contribution in [3.8, 4) is 0 Å². The molecule has 3 rings (SSSR count). The molecule has 1 saturated heterocycles. The maximum Gasteiger partial charge on any atom is 0.153 e. The summed E-state index contributed by atoms with van der Waals surface area (Å²) in [5.74, 6) is 0.657. The molecule has 0 spiro atoms. The van der Waals surface area contributed by atoms with Gasteiger partial charge in [0.15, 0.2) is 5.82 Å². The summed E-state index contributed by atoms with van der Waals surface area (Å²) < 4.78 is 13.1. The van der Waals surface area contributed by atoms with Crippen LogP contribution < -0.4 is 10.6 Å². The molecule has 1 aliphatic rings. The summed E-state index contributed by atoms with van der Waals surface area (Å²) in [4.78, 5) is 16.1. The van der Waals surface area contributed by atoms with Gasteiger partial charge in [0.25, 0.3) is 0 Å². The Bertz CT molecular complexity index is 880. The van der Waals surface area contributed by atoms with Crippen LogP contribution >= 0.6 is 35.0 Å². The Morgan fingerprint density at radius 2 is 2.03 bits per heavy atom. The summed E-state index contributed by atoms with van der Waals surface area (Å²) in [6, 6.07) is 1.29. The first kappa shape index (κ1) is 22.5. The fraction of sp³-hybridized carbons (Fsp3) is 0.526. The van der Waals surface area contributed by atoms with E-state index in [1.807, 2.05) is 13.8 Å². The molecule has 29 heavy (non-hydrogen) atoms. The number of aromatic nitrogens is 3. The number of hydrogen-bond acceptors (Lipinski definition) is 7. The number of hydrogen-bond donors (Lipinski definition) is 2. The second-order valence-corrected chi connectivity index (χ2v) is 9.23. The third-order valence-electron chi connectivity index (χ3n) is 5.51. The van der Waals surface area contributed by atoms with Crippen molar-refractivity contribution in [1.82, 2.24) is 15.0 Å². The summed E-state index contributed by atoms with van der Waals surface area (Å²) in [5.41, 5.74) is 6.95. The first-order valence-electron chi connectivity index (χ1n) is 9.31. The number of aliphatic hydroxyl groups is 1. The molecule has 10 heteroatoms. The van der Waals surface area contributed by atoms with Gasteiger partial charge in [0.2, 0.25) is 0 Å².